The second kappa shape index (κ2) is 5.76. The molecule has 0 amide bonds. The van der Waals surface area contributed by atoms with Crippen LogP contribution in [-0.4, -0.2) is 35.0 Å². The smallest absolute Gasteiger partial charge is 0.460 e. The summed E-state index contributed by atoms with van der Waals surface area (Å²) in [5.41, 5.74) is -0.545. The summed E-state index contributed by atoms with van der Waals surface area (Å²) in [5.74, 6) is -20.8. The SMILES string of the molecule is C/C(=C\CCC(F)(F)C(F)(F)C(F)(F)C(F)(F)F)C(=O)O. The molecule has 0 rings (SSSR count). The Labute approximate surface area is 112 Å². The van der Waals surface area contributed by atoms with Crippen molar-refractivity contribution in [2.24, 2.45) is 0 Å². The highest BCUT2D eigenvalue weighted by atomic mass is 19.4. The van der Waals surface area contributed by atoms with Gasteiger partial charge in [0, 0.05) is 12.0 Å². The van der Waals surface area contributed by atoms with Crippen LogP contribution >= 0.6 is 0 Å². The van der Waals surface area contributed by atoms with Gasteiger partial charge in [-0.2, -0.15) is 39.5 Å². The predicted octanol–water partition coefficient (Wildman–Crippen LogP) is 4.27. The van der Waals surface area contributed by atoms with Gasteiger partial charge in [-0.3, -0.25) is 0 Å². The zero-order valence-electron chi connectivity index (χ0n) is 10.2. The minimum atomic E-state index is -6.92. The van der Waals surface area contributed by atoms with Crippen molar-refractivity contribution >= 4 is 5.97 Å². The number of halogens is 9. The average molecular weight is 332 g/mol. The van der Waals surface area contributed by atoms with Crippen LogP contribution in [0.5, 0.6) is 0 Å². The van der Waals surface area contributed by atoms with Gasteiger partial charge in [-0.1, -0.05) is 6.08 Å². The van der Waals surface area contributed by atoms with Gasteiger partial charge in [0.15, 0.2) is 0 Å². The Morgan fingerprint density at radius 2 is 1.38 bits per heavy atom. The third kappa shape index (κ3) is 3.82. The highest BCUT2D eigenvalue weighted by molar-refractivity contribution is 5.85. The van der Waals surface area contributed by atoms with E-state index in [2.05, 4.69) is 0 Å². The molecule has 0 aromatic heterocycles. The minimum absolute atomic E-state index is 0.512. The first-order valence-electron chi connectivity index (χ1n) is 5.18. The largest absolute Gasteiger partial charge is 0.478 e. The minimum Gasteiger partial charge on any atom is -0.478 e. The van der Waals surface area contributed by atoms with E-state index in [4.69, 9.17) is 5.11 Å². The Hall–Kier alpha value is -1.42. The van der Waals surface area contributed by atoms with Gasteiger partial charge in [0.1, 0.15) is 0 Å². The first-order valence-corrected chi connectivity index (χ1v) is 5.18. The lowest BCUT2D eigenvalue weighted by atomic mass is 9.99. The van der Waals surface area contributed by atoms with Crippen LogP contribution in [0.2, 0.25) is 0 Å². The molecule has 0 fully saturated rings. The van der Waals surface area contributed by atoms with Crippen LogP contribution in [0.25, 0.3) is 0 Å². The normalized spacial score (nSPS) is 15.2. The second-order valence-corrected chi connectivity index (χ2v) is 4.08. The van der Waals surface area contributed by atoms with Crippen molar-refractivity contribution in [2.75, 3.05) is 0 Å². The van der Waals surface area contributed by atoms with E-state index >= 15 is 0 Å². The molecule has 11 heteroatoms. The maximum Gasteiger partial charge on any atom is 0.460 e. The molecule has 0 aromatic carbocycles. The monoisotopic (exact) mass is 332 g/mol. The first kappa shape index (κ1) is 19.6. The third-order valence-electron chi connectivity index (χ3n) is 2.46. The molecule has 0 aliphatic heterocycles. The molecule has 0 saturated carbocycles. The molecule has 21 heavy (non-hydrogen) atoms. The molecular weight excluding hydrogens is 323 g/mol. The molecule has 0 atom stereocenters. The topological polar surface area (TPSA) is 37.3 Å². The lowest BCUT2D eigenvalue weighted by Gasteiger charge is -2.33. The molecule has 0 aliphatic rings. The molecule has 0 bridgehead atoms. The fraction of sp³-hybridized carbons (Fsp3) is 0.700. The van der Waals surface area contributed by atoms with E-state index < -0.39 is 48.3 Å². The molecule has 0 aliphatic carbocycles. The van der Waals surface area contributed by atoms with Crippen LogP contribution in [-0.2, 0) is 4.79 Å². The number of allylic oxidation sites excluding steroid dienone is 1. The van der Waals surface area contributed by atoms with E-state index in [1.165, 1.54) is 0 Å². The fourth-order valence-electron chi connectivity index (χ4n) is 1.12. The molecule has 0 saturated heterocycles. The third-order valence-corrected chi connectivity index (χ3v) is 2.46. The molecule has 0 heterocycles. The molecule has 0 unspecified atom stereocenters. The summed E-state index contributed by atoms with van der Waals surface area (Å²) >= 11 is 0. The number of carbonyl (C=O) groups is 1. The molecule has 0 aromatic rings. The first-order chi connectivity index (χ1) is 9.08. The summed E-state index contributed by atoms with van der Waals surface area (Å²) in [7, 11) is 0. The molecule has 2 nitrogen and oxygen atoms in total. The van der Waals surface area contributed by atoms with Crippen molar-refractivity contribution in [1.29, 1.82) is 0 Å². The maximum absolute atomic E-state index is 13.0. The number of alkyl halides is 9. The van der Waals surface area contributed by atoms with Gasteiger partial charge >= 0.3 is 29.9 Å². The Morgan fingerprint density at radius 1 is 0.952 bits per heavy atom. The number of carboxylic acid groups (broad SMARTS) is 1. The van der Waals surface area contributed by atoms with E-state index in [0.29, 0.717) is 6.08 Å². The molecule has 0 spiro atoms. The summed E-state index contributed by atoms with van der Waals surface area (Å²) in [6.45, 7) is 0.906. The number of hydrogen-bond donors (Lipinski definition) is 1. The average Bonchev–Trinajstić information content (AvgIpc) is 2.26. The quantitative estimate of drug-likeness (QED) is 0.583. The zero-order chi connectivity index (χ0) is 17.3. The van der Waals surface area contributed by atoms with E-state index in [9.17, 15) is 44.3 Å². The van der Waals surface area contributed by atoms with Crippen LogP contribution < -0.4 is 0 Å². The summed E-state index contributed by atoms with van der Waals surface area (Å²) in [6.07, 6.45) is -9.53. The van der Waals surface area contributed by atoms with Gasteiger partial charge in [0.2, 0.25) is 0 Å². The number of rotatable bonds is 6. The number of aliphatic carboxylic acids is 1. The van der Waals surface area contributed by atoms with Crippen molar-refractivity contribution in [3.63, 3.8) is 0 Å². The lowest BCUT2D eigenvalue weighted by molar-refractivity contribution is -0.396. The lowest BCUT2D eigenvalue weighted by Crippen LogP contribution is -2.60. The second-order valence-electron chi connectivity index (χ2n) is 4.08. The van der Waals surface area contributed by atoms with Crippen LogP contribution in [0, 0.1) is 0 Å². The number of carboxylic acids is 1. The summed E-state index contributed by atoms with van der Waals surface area (Å²) in [4.78, 5) is 10.3. The Bertz CT molecular complexity index is 423. The highest BCUT2D eigenvalue weighted by Gasteiger charge is 2.81. The van der Waals surface area contributed by atoms with Gasteiger partial charge in [0.05, 0.1) is 0 Å². The van der Waals surface area contributed by atoms with Crippen molar-refractivity contribution in [3.8, 4) is 0 Å². The van der Waals surface area contributed by atoms with Gasteiger partial charge < -0.3 is 5.11 Å². The fourth-order valence-corrected chi connectivity index (χ4v) is 1.12. The van der Waals surface area contributed by atoms with Gasteiger partial charge in [-0.05, 0) is 13.3 Å². The summed E-state index contributed by atoms with van der Waals surface area (Å²) in [6, 6.07) is 0. The molecular formula is C10H9F9O2. The Kier molecular flexibility index (Phi) is 5.37. The summed E-state index contributed by atoms with van der Waals surface area (Å²) in [5, 5.41) is 8.33. The standard InChI is InChI=1S/C10H9F9O2/c1-5(6(20)21)3-2-4-7(11,12)8(13,14)9(15,16)10(17,18)19/h3H,2,4H2,1H3,(H,20,21)/b5-3+. The van der Waals surface area contributed by atoms with E-state index in [0.717, 1.165) is 6.92 Å². The zero-order valence-corrected chi connectivity index (χ0v) is 10.2. The van der Waals surface area contributed by atoms with Gasteiger partial charge in [0.25, 0.3) is 0 Å². The van der Waals surface area contributed by atoms with Crippen LogP contribution in [0.3, 0.4) is 0 Å². The van der Waals surface area contributed by atoms with E-state index in [-0.39, 0.29) is 0 Å². The van der Waals surface area contributed by atoms with E-state index in [1.807, 2.05) is 0 Å². The highest BCUT2D eigenvalue weighted by Crippen LogP contribution is 2.54. The Morgan fingerprint density at radius 3 is 1.71 bits per heavy atom. The number of hydrogen-bond acceptors (Lipinski definition) is 1. The van der Waals surface area contributed by atoms with Crippen molar-refractivity contribution in [3.05, 3.63) is 11.6 Å². The van der Waals surface area contributed by atoms with Crippen molar-refractivity contribution in [1.82, 2.24) is 0 Å². The Balaban J connectivity index is 5.23. The predicted molar refractivity (Wildman–Crippen MR) is 51.5 cm³/mol. The van der Waals surface area contributed by atoms with E-state index in [1.54, 1.807) is 0 Å². The van der Waals surface area contributed by atoms with Crippen LogP contribution in [0.4, 0.5) is 39.5 Å². The molecule has 0 radical (unpaired) electrons. The van der Waals surface area contributed by atoms with Crippen molar-refractivity contribution in [2.45, 2.75) is 43.7 Å². The van der Waals surface area contributed by atoms with Crippen LogP contribution in [0.15, 0.2) is 11.6 Å². The molecule has 1 N–H and O–H groups in total. The molecule has 124 valence electrons. The van der Waals surface area contributed by atoms with Gasteiger partial charge in [-0.15, -0.1) is 0 Å². The van der Waals surface area contributed by atoms with Gasteiger partial charge in [-0.25, -0.2) is 4.79 Å². The summed E-state index contributed by atoms with van der Waals surface area (Å²) < 4.78 is 112. The maximum atomic E-state index is 13.0. The van der Waals surface area contributed by atoms with Crippen LogP contribution in [0.1, 0.15) is 19.8 Å². The van der Waals surface area contributed by atoms with Crippen molar-refractivity contribution < 1.29 is 49.4 Å².